The van der Waals surface area contributed by atoms with Crippen LogP contribution in [0.1, 0.15) is 24.8 Å². The third-order valence-electron chi connectivity index (χ3n) is 7.12. The Labute approximate surface area is 195 Å². The van der Waals surface area contributed by atoms with Crippen LogP contribution in [0.2, 0.25) is 0 Å². The van der Waals surface area contributed by atoms with Crippen LogP contribution < -0.4 is 15.1 Å². The van der Waals surface area contributed by atoms with Crippen LogP contribution in [0.4, 0.5) is 11.4 Å². The van der Waals surface area contributed by atoms with Crippen LogP contribution >= 0.6 is 0 Å². The Morgan fingerprint density at radius 2 is 1.64 bits per heavy atom. The van der Waals surface area contributed by atoms with Crippen LogP contribution in [-0.2, 0) is 0 Å². The summed E-state index contributed by atoms with van der Waals surface area (Å²) in [5.74, 6) is 0. The number of nitrogens with one attached hydrogen (secondary N) is 1. The van der Waals surface area contributed by atoms with Gasteiger partial charge in [-0.1, -0.05) is 12.1 Å². The number of pyridine rings is 2. The average Bonchev–Trinajstić information content (AvgIpc) is 3.21. The van der Waals surface area contributed by atoms with E-state index in [9.17, 15) is 10.2 Å². The summed E-state index contributed by atoms with van der Waals surface area (Å²) in [5.41, 5.74) is 3.66. The lowest BCUT2D eigenvalue weighted by molar-refractivity contribution is 0.00642. The molecule has 1 atom stereocenters. The largest absolute Gasteiger partial charge is 0.388 e. The molecular formula is C26H33N5O2. The molecule has 2 aliphatic rings. The Balaban J connectivity index is 1.14. The molecule has 7 nitrogen and oxygen atoms in total. The van der Waals surface area contributed by atoms with Crippen molar-refractivity contribution in [2.75, 3.05) is 49.1 Å². The highest BCUT2D eigenvalue weighted by Gasteiger charge is 2.38. The van der Waals surface area contributed by atoms with Crippen LogP contribution in [0, 0.1) is 6.92 Å². The quantitative estimate of drug-likeness (QED) is 0.535. The van der Waals surface area contributed by atoms with Gasteiger partial charge in [0.05, 0.1) is 22.4 Å². The third-order valence-corrected chi connectivity index (χ3v) is 7.12. The van der Waals surface area contributed by atoms with Gasteiger partial charge in [0, 0.05) is 57.3 Å². The molecule has 33 heavy (non-hydrogen) atoms. The minimum absolute atomic E-state index is 0.462. The smallest absolute Gasteiger partial charge is 0.112 e. The van der Waals surface area contributed by atoms with Gasteiger partial charge < -0.3 is 25.3 Å². The normalized spacial score (nSPS) is 22.8. The van der Waals surface area contributed by atoms with Gasteiger partial charge in [-0.05, 0) is 62.1 Å². The summed E-state index contributed by atoms with van der Waals surface area (Å²) in [5, 5.41) is 25.7. The molecule has 0 spiro atoms. The maximum Gasteiger partial charge on any atom is 0.112 e. The Bertz CT molecular complexity index is 1110. The van der Waals surface area contributed by atoms with Gasteiger partial charge >= 0.3 is 0 Å². The lowest BCUT2D eigenvalue weighted by Gasteiger charge is -2.40. The predicted molar refractivity (Wildman–Crippen MR) is 132 cm³/mol. The number of nitrogens with zero attached hydrogens (tertiary/aromatic N) is 4. The second-order valence-electron chi connectivity index (χ2n) is 9.75. The lowest BCUT2D eigenvalue weighted by Crippen LogP contribution is -2.53. The van der Waals surface area contributed by atoms with Crippen molar-refractivity contribution in [3.05, 3.63) is 60.4 Å². The van der Waals surface area contributed by atoms with Gasteiger partial charge in [-0.15, -0.1) is 0 Å². The number of hydrogen-bond donors (Lipinski definition) is 3. The first-order valence-electron chi connectivity index (χ1n) is 11.9. The molecule has 0 radical (unpaired) electrons. The van der Waals surface area contributed by atoms with Crippen molar-refractivity contribution in [3.8, 4) is 0 Å². The molecule has 0 amide bonds. The summed E-state index contributed by atoms with van der Waals surface area (Å²) < 4.78 is 0. The average molecular weight is 448 g/mol. The van der Waals surface area contributed by atoms with Gasteiger partial charge in [-0.2, -0.15) is 0 Å². The fraction of sp³-hybridized carbons (Fsp3) is 0.462. The molecule has 7 heteroatoms. The molecule has 2 aliphatic heterocycles. The first kappa shape index (κ1) is 22.1. The van der Waals surface area contributed by atoms with E-state index in [0.717, 1.165) is 36.4 Å². The molecule has 2 aromatic heterocycles. The van der Waals surface area contributed by atoms with E-state index in [1.807, 2.05) is 18.2 Å². The van der Waals surface area contributed by atoms with E-state index >= 15 is 0 Å². The van der Waals surface area contributed by atoms with Crippen LogP contribution in [0.3, 0.4) is 0 Å². The SMILES string of the molecule is Cc1cccc(N2CCC(O)(CNCC3(O)CCN(c4ccnc5cccnc45)C3)CC2)c1. The predicted octanol–water partition coefficient (Wildman–Crippen LogP) is 2.50. The first-order valence-corrected chi connectivity index (χ1v) is 11.9. The van der Waals surface area contributed by atoms with Crippen LogP contribution in [0.25, 0.3) is 11.0 Å². The summed E-state index contributed by atoms with van der Waals surface area (Å²) in [6.07, 6.45) is 5.69. The van der Waals surface area contributed by atoms with E-state index in [1.54, 1.807) is 12.4 Å². The standard InChI is InChI=1S/C26H33N5O2/c1-20-4-2-5-21(16-20)30-13-8-25(32,9-14-30)17-27-18-26(33)10-15-31(19-26)23-7-12-28-22-6-3-11-29-24(22)23/h2-7,11-12,16,27,32-33H,8-10,13-15,17-19H2,1H3. The van der Waals surface area contributed by atoms with Gasteiger partial charge in [0.15, 0.2) is 0 Å². The zero-order chi connectivity index (χ0) is 22.9. The van der Waals surface area contributed by atoms with Crippen LogP contribution in [-0.4, -0.2) is 70.7 Å². The summed E-state index contributed by atoms with van der Waals surface area (Å²) in [4.78, 5) is 13.4. The van der Waals surface area contributed by atoms with E-state index in [2.05, 4.69) is 56.3 Å². The number of hydrogen-bond acceptors (Lipinski definition) is 7. The Hall–Kier alpha value is -2.74. The number of piperidine rings is 1. The topological polar surface area (TPSA) is 84.8 Å². The minimum Gasteiger partial charge on any atom is -0.388 e. The summed E-state index contributed by atoms with van der Waals surface area (Å²) in [7, 11) is 0. The van der Waals surface area contributed by atoms with Gasteiger partial charge in [0.25, 0.3) is 0 Å². The minimum atomic E-state index is -0.830. The number of fused-ring (bicyclic) bond motifs is 1. The van der Waals surface area contributed by atoms with Crippen molar-refractivity contribution >= 4 is 22.4 Å². The van der Waals surface area contributed by atoms with Crippen molar-refractivity contribution < 1.29 is 10.2 Å². The van der Waals surface area contributed by atoms with Gasteiger partial charge in [-0.25, -0.2) is 0 Å². The monoisotopic (exact) mass is 447 g/mol. The fourth-order valence-corrected chi connectivity index (χ4v) is 5.14. The second kappa shape index (κ2) is 8.89. The van der Waals surface area contributed by atoms with E-state index in [-0.39, 0.29) is 0 Å². The fourth-order valence-electron chi connectivity index (χ4n) is 5.14. The molecule has 0 aliphatic carbocycles. The molecule has 5 rings (SSSR count). The zero-order valence-corrected chi connectivity index (χ0v) is 19.2. The third kappa shape index (κ3) is 4.81. The van der Waals surface area contributed by atoms with E-state index in [0.29, 0.717) is 38.9 Å². The molecule has 4 heterocycles. The van der Waals surface area contributed by atoms with Crippen LogP contribution in [0.15, 0.2) is 54.9 Å². The van der Waals surface area contributed by atoms with Crippen molar-refractivity contribution in [2.24, 2.45) is 0 Å². The van der Waals surface area contributed by atoms with Crippen molar-refractivity contribution in [1.29, 1.82) is 0 Å². The Morgan fingerprint density at radius 3 is 2.45 bits per heavy atom. The molecular weight excluding hydrogens is 414 g/mol. The highest BCUT2D eigenvalue weighted by Crippen LogP contribution is 2.31. The van der Waals surface area contributed by atoms with E-state index in [1.165, 1.54) is 11.3 Å². The molecule has 1 unspecified atom stereocenters. The first-order chi connectivity index (χ1) is 15.9. The van der Waals surface area contributed by atoms with Crippen molar-refractivity contribution in [1.82, 2.24) is 15.3 Å². The highest BCUT2D eigenvalue weighted by atomic mass is 16.3. The zero-order valence-electron chi connectivity index (χ0n) is 19.2. The molecule has 174 valence electrons. The number of aryl methyl sites for hydroxylation is 1. The van der Waals surface area contributed by atoms with E-state index < -0.39 is 11.2 Å². The number of aromatic nitrogens is 2. The number of aliphatic hydroxyl groups is 2. The van der Waals surface area contributed by atoms with Crippen molar-refractivity contribution in [3.63, 3.8) is 0 Å². The Kier molecular flexibility index (Phi) is 5.95. The molecule has 3 aromatic rings. The van der Waals surface area contributed by atoms with E-state index in [4.69, 9.17) is 0 Å². The lowest BCUT2D eigenvalue weighted by atomic mass is 9.90. The highest BCUT2D eigenvalue weighted by molar-refractivity contribution is 5.87. The molecule has 1 aromatic carbocycles. The van der Waals surface area contributed by atoms with Gasteiger partial charge in [0.2, 0.25) is 0 Å². The number of rotatable bonds is 6. The summed E-state index contributed by atoms with van der Waals surface area (Å²) in [6.45, 7) is 6.04. The number of β-amino-alcohol motifs (C(OH)–C–C–N with tert-alkyl or cyclic N) is 1. The molecule has 0 bridgehead atoms. The second-order valence-corrected chi connectivity index (χ2v) is 9.75. The number of benzene rings is 1. The molecule has 2 saturated heterocycles. The molecule has 2 fully saturated rings. The Morgan fingerprint density at radius 1 is 0.879 bits per heavy atom. The van der Waals surface area contributed by atoms with Crippen LogP contribution in [0.5, 0.6) is 0 Å². The maximum atomic E-state index is 11.2. The van der Waals surface area contributed by atoms with Crippen molar-refractivity contribution in [2.45, 2.75) is 37.4 Å². The summed E-state index contributed by atoms with van der Waals surface area (Å²) >= 11 is 0. The molecule has 0 saturated carbocycles. The number of anilines is 2. The van der Waals surface area contributed by atoms with Gasteiger partial charge in [0.1, 0.15) is 5.52 Å². The van der Waals surface area contributed by atoms with Gasteiger partial charge in [-0.3, -0.25) is 9.97 Å². The summed E-state index contributed by atoms with van der Waals surface area (Å²) in [6, 6.07) is 14.4. The molecule has 3 N–H and O–H groups in total. The maximum absolute atomic E-state index is 11.2.